The molecule has 164 valence electrons. The van der Waals surface area contributed by atoms with Crippen molar-refractivity contribution < 1.29 is 0 Å². The van der Waals surface area contributed by atoms with E-state index in [9.17, 15) is 0 Å². The highest BCUT2D eigenvalue weighted by Gasteiger charge is 2.12. The van der Waals surface area contributed by atoms with Crippen LogP contribution in [0, 0.1) is 6.92 Å². The largest absolute Gasteiger partial charge is 0.377 e. The molecule has 0 saturated heterocycles. The third-order valence-electron chi connectivity index (χ3n) is 5.97. The minimum absolute atomic E-state index is 0.830. The zero-order chi connectivity index (χ0) is 22.8. The Morgan fingerprint density at radius 3 is 2.45 bits per heavy atom. The monoisotopic (exact) mass is 433 g/mol. The van der Waals surface area contributed by atoms with Crippen LogP contribution in [0.15, 0.2) is 85.5 Å². The van der Waals surface area contributed by atoms with E-state index in [4.69, 9.17) is 4.98 Å². The van der Waals surface area contributed by atoms with Crippen LogP contribution < -0.4 is 4.90 Å². The zero-order valence-electron chi connectivity index (χ0n) is 19.2. The first kappa shape index (κ1) is 20.9. The summed E-state index contributed by atoms with van der Waals surface area (Å²) in [6.07, 6.45) is 9.40. The predicted octanol–water partition coefficient (Wildman–Crippen LogP) is 5.62. The lowest BCUT2D eigenvalue weighted by Gasteiger charge is -2.19. The zero-order valence-corrected chi connectivity index (χ0v) is 19.2. The van der Waals surface area contributed by atoms with E-state index in [1.165, 1.54) is 22.4 Å². The van der Waals surface area contributed by atoms with Crippen LogP contribution in [-0.2, 0) is 12.8 Å². The third kappa shape index (κ3) is 4.22. The number of pyridine rings is 1. The fraction of sp³-hybridized carbons (Fsp3) is 0.179. The lowest BCUT2D eigenvalue weighted by molar-refractivity contribution is 0.901. The molecule has 0 unspecified atom stereocenters. The van der Waals surface area contributed by atoms with Gasteiger partial charge in [0.15, 0.2) is 5.65 Å². The summed E-state index contributed by atoms with van der Waals surface area (Å²) >= 11 is 0. The normalized spacial score (nSPS) is 11.1. The molecule has 33 heavy (non-hydrogen) atoms. The van der Waals surface area contributed by atoms with Crippen molar-refractivity contribution in [2.24, 2.45) is 0 Å². The van der Waals surface area contributed by atoms with Gasteiger partial charge in [-0.1, -0.05) is 42.5 Å². The molecule has 0 amide bonds. The van der Waals surface area contributed by atoms with Gasteiger partial charge in [0.05, 0.1) is 17.6 Å². The number of hydrogen-bond acceptors (Lipinski definition) is 4. The molecule has 2 aromatic carbocycles. The van der Waals surface area contributed by atoms with Crippen LogP contribution in [0.5, 0.6) is 0 Å². The maximum absolute atomic E-state index is 4.70. The maximum Gasteiger partial charge on any atom is 0.159 e. The molecule has 5 nitrogen and oxygen atoms in total. The SMILES string of the molecule is Cc1cc(-c2ccc(CCc3nccn4c(-c5ccccc5)cnc34)cc2N(C)C)ccn1. The number of nitrogens with zero attached hydrogens (tertiary/aromatic N) is 5. The number of fused-ring (bicyclic) bond motifs is 1. The molecule has 0 atom stereocenters. The van der Waals surface area contributed by atoms with Crippen molar-refractivity contribution in [3.05, 3.63) is 102 Å². The number of benzene rings is 2. The second kappa shape index (κ2) is 8.87. The van der Waals surface area contributed by atoms with Gasteiger partial charge in [-0.25, -0.2) is 4.98 Å². The Bertz CT molecular complexity index is 1400. The summed E-state index contributed by atoms with van der Waals surface area (Å²) in [6.45, 7) is 2.03. The fourth-order valence-electron chi connectivity index (χ4n) is 4.29. The molecule has 0 saturated carbocycles. The van der Waals surface area contributed by atoms with Crippen molar-refractivity contribution in [2.75, 3.05) is 19.0 Å². The Labute approximate surface area is 194 Å². The second-order valence-corrected chi connectivity index (χ2v) is 8.51. The molecule has 0 aliphatic rings. The standard InChI is InChI=1S/C28H27N5/c1-20-17-23(13-14-29-20)24-11-9-21(18-26(24)32(2)3)10-12-25-28-31-19-27(33(28)16-15-30-25)22-7-5-4-6-8-22/h4-9,11,13-19H,10,12H2,1-3H3. The molecule has 0 radical (unpaired) electrons. The molecule has 0 bridgehead atoms. The van der Waals surface area contributed by atoms with Crippen LogP contribution in [0.4, 0.5) is 5.69 Å². The molecule has 0 N–H and O–H groups in total. The quantitative estimate of drug-likeness (QED) is 0.349. The van der Waals surface area contributed by atoms with Crippen molar-refractivity contribution in [1.82, 2.24) is 19.4 Å². The van der Waals surface area contributed by atoms with Crippen LogP contribution in [-0.4, -0.2) is 33.4 Å². The summed E-state index contributed by atoms with van der Waals surface area (Å²) in [4.78, 5) is 15.9. The molecule has 0 spiro atoms. The minimum Gasteiger partial charge on any atom is -0.377 e. The summed E-state index contributed by atoms with van der Waals surface area (Å²) in [5, 5.41) is 0. The number of aryl methyl sites for hydroxylation is 3. The smallest absolute Gasteiger partial charge is 0.159 e. The van der Waals surface area contributed by atoms with Gasteiger partial charge in [0, 0.05) is 55.2 Å². The summed E-state index contributed by atoms with van der Waals surface area (Å²) in [5.74, 6) is 0. The van der Waals surface area contributed by atoms with Crippen LogP contribution >= 0.6 is 0 Å². The Balaban J connectivity index is 1.43. The fourth-order valence-corrected chi connectivity index (χ4v) is 4.29. The van der Waals surface area contributed by atoms with Gasteiger partial charge in [-0.05, 0) is 49.1 Å². The predicted molar refractivity (Wildman–Crippen MR) is 135 cm³/mol. The Hall–Kier alpha value is -3.99. The van der Waals surface area contributed by atoms with Gasteiger partial charge >= 0.3 is 0 Å². The highest BCUT2D eigenvalue weighted by Crippen LogP contribution is 2.31. The van der Waals surface area contributed by atoms with E-state index in [1.807, 2.05) is 37.8 Å². The molecule has 5 rings (SSSR count). The molecule has 5 heteroatoms. The first-order valence-corrected chi connectivity index (χ1v) is 11.2. The maximum atomic E-state index is 4.70. The lowest BCUT2D eigenvalue weighted by atomic mass is 9.99. The third-order valence-corrected chi connectivity index (χ3v) is 5.97. The van der Waals surface area contributed by atoms with Crippen LogP contribution in [0.2, 0.25) is 0 Å². The van der Waals surface area contributed by atoms with Crippen molar-refractivity contribution in [3.63, 3.8) is 0 Å². The summed E-state index contributed by atoms with van der Waals surface area (Å²) in [6, 6.07) is 21.3. The van der Waals surface area contributed by atoms with Crippen molar-refractivity contribution >= 4 is 11.3 Å². The van der Waals surface area contributed by atoms with Gasteiger partial charge in [0.25, 0.3) is 0 Å². The molecular formula is C28H27N5. The van der Waals surface area contributed by atoms with E-state index in [-0.39, 0.29) is 0 Å². The highest BCUT2D eigenvalue weighted by molar-refractivity contribution is 5.79. The van der Waals surface area contributed by atoms with Gasteiger partial charge in [-0.3, -0.25) is 14.4 Å². The Kier molecular flexibility index (Phi) is 5.61. The summed E-state index contributed by atoms with van der Waals surface area (Å²) < 4.78 is 2.14. The molecule has 3 heterocycles. The van der Waals surface area contributed by atoms with Crippen molar-refractivity contribution in [2.45, 2.75) is 19.8 Å². The van der Waals surface area contributed by atoms with Crippen molar-refractivity contribution in [1.29, 1.82) is 0 Å². The van der Waals surface area contributed by atoms with Gasteiger partial charge in [0.1, 0.15) is 0 Å². The second-order valence-electron chi connectivity index (χ2n) is 8.51. The topological polar surface area (TPSA) is 46.3 Å². The van der Waals surface area contributed by atoms with Crippen LogP contribution in [0.25, 0.3) is 28.0 Å². The lowest BCUT2D eigenvalue weighted by Crippen LogP contribution is -2.11. The first-order valence-electron chi connectivity index (χ1n) is 11.2. The molecule has 5 aromatic rings. The average Bonchev–Trinajstić information content (AvgIpc) is 3.28. The van der Waals surface area contributed by atoms with E-state index >= 15 is 0 Å². The van der Waals surface area contributed by atoms with Crippen LogP contribution in [0.3, 0.4) is 0 Å². The van der Waals surface area contributed by atoms with Crippen molar-refractivity contribution in [3.8, 4) is 22.4 Å². The van der Waals surface area contributed by atoms with Gasteiger partial charge in [-0.15, -0.1) is 0 Å². The van der Waals surface area contributed by atoms with E-state index in [1.54, 1.807) is 0 Å². The van der Waals surface area contributed by atoms with Gasteiger partial charge in [-0.2, -0.15) is 0 Å². The van der Waals surface area contributed by atoms with E-state index in [0.29, 0.717) is 0 Å². The molecule has 3 aromatic heterocycles. The molecule has 0 aliphatic carbocycles. The average molecular weight is 434 g/mol. The Morgan fingerprint density at radius 1 is 0.818 bits per heavy atom. The number of hydrogen-bond donors (Lipinski definition) is 0. The molecule has 0 aliphatic heterocycles. The number of anilines is 1. The van der Waals surface area contributed by atoms with E-state index in [2.05, 4.69) is 88.0 Å². The summed E-state index contributed by atoms with van der Waals surface area (Å²) in [7, 11) is 4.18. The highest BCUT2D eigenvalue weighted by atomic mass is 15.1. The number of rotatable bonds is 6. The Morgan fingerprint density at radius 2 is 1.67 bits per heavy atom. The first-order chi connectivity index (χ1) is 16.1. The van der Waals surface area contributed by atoms with Gasteiger partial charge < -0.3 is 4.90 Å². The number of aromatic nitrogens is 4. The summed E-state index contributed by atoms with van der Waals surface area (Å²) in [5.41, 5.74) is 10.1. The van der Waals surface area contributed by atoms with E-state index < -0.39 is 0 Å². The molecular weight excluding hydrogens is 406 g/mol. The molecule has 0 fully saturated rings. The van der Waals surface area contributed by atoms with Gasteiger partial charge in [0.2, 0.25) is 0 Å². The van der Waals surface area contributed by atoms with Crippen LogP contribution in [0.1, 0.15) is 17.0 Å². The van der Waals surface area contributed by atoms with E-state index in [0.717, 1.165) is 41.1 Å². The minimum atomic E-state index is 0.830. The number of imidazole rings is 1.